The lowest BCUT2D eigenvalue weighted by Gasteiger charge is -2.37. The lowest BCUT2D eigenvalue weighted by molar-refractivity contribution is -0.137. The fraction of sp³-hybridized carbons (Fsp3) is 0.895. The summed E-state index contributed by atoms with van der Waals surface area (Å²) in [4.78, 5) is 25.7. The molecular formula is C19H36ClN3O3. The zero-order valence-electron chi connectivity index (χ0n) is 16.3. The number of halogens is 1. The molecule has 6 nitrogen and oxygen atoms in total. The lowest BCUT2D eigenvalue weighted by Crippen LogP contribution is -2.54. The molecular weight excluding hydrogens is 354 g/mol. The van der Waals surface area contributed by atoms with Crippen molar-refractivity contribution in [1.82, 2.24) is 16.0 Å². The van der Waals surface area contributed by atoms with Crippen LogP contribution >= 0.6 is 12.4 Å². The molecule has 0 unspecified atom stereocenters. The van der Waals surface area contributed by atoms with E-state index >= 15 is 0 Å². The second-order valence-electron chi connectivity index (χ2n) is 7.90. The van der Waals surface area contributed by atoms with Crippen LogP contribution in [0.1, 0.15) is 58.8 Å². The second-order valence-corrected chi connectivity index (χ2v) is 7.90. The summed E-state index contributed by atoms with van der Waals surface area (Å²) in [5.74, 6) is 0.324. The molecule has 1 spiro atoms. The molecule has 26 heavy (non-hydrogen) atoms. The first-order valence-corrected chi connectivity index (χ1v) is 9.91. The minimum Gasteiger partial charge on any atom is -0.380 e. The van der Waals surface area contributed by atoms with Crippen molar-refractivity contribution < 1.29 is 14.3 Å². The maximum absolute atomic E-state index is 13.2. The summed E-state index contributed by atoms with van der Waals surface area (Å²) in [6.45, 7) is 7.66. The molecule has 2 saturated heterocycles. The van der Waals surface area contributed by atoms with Crippen molar-refractivity contribution in [2.45, 2.75) is 64.8 Å². The molecule has 2 aliphatic rings. The van der Waals surface area contributed by atoms with E-state index in [1.54, 1.807) is 0 Å². The summed E-state index contributed by atoms with van der Waals surface area (Å²) in [6.07, 6.45) is 6.40. The molecule has 1 atom stereocenters. The molecule has 0 saturated carbocycles. The standard InChI is InChI=1S/C19H35N3O3.ClH/c1-15(2)14-16-17(23)21-11-13-25-12-5-3-4-6-19(18(24)22-16)7-9-20-10-8-19;/h15-16,20H,3-14H2,1-2H3,(H,21,23)(H,22,24);1H/t16-;/m0./s1. The van der Waals surface area contributed by atoms with Gasteiger partial charge in [-0.05, 0) is 51.1 Å². The van der Waals surface area contributed by atoms with Crippen LogP contribution in [0.15, 0.2) is 0 Å². The summed E-state index contributed by atoms with van der Waals surface area (Å²) in [5.41, 5.74) is -0.328. The Morgan fingerprint density at radius 2 is 1.77 bits per heavy atom. The van der Waals surface area contributed by atoms with Gasteiger partial charge >= 0.3 is 0 Å². The Balaban J connectivity index is 0.00000338. The van der Waals surface area contributed by atoms with Crippen molar-refractivity contribution in [3.63, 3.8) is 0 Å². The van der Waals surface area contributed by atoms with Gasteiger partial charge in [0.05, 0.1) is 12.0 Å². The highest BCUT2D eigenvalue weighted by Gasteiger charge is 2.40. The Bertz CT molecular complexity index is 440. The summed E-state index contributed by atoms with van der Waals surface area (Å²) in [5, 5.41) is 9.36. The highest BCUT2D eigenvalue weighted by Crippen LogP contribution is 2.35. The number of amides is 2. The third-order valence-electron chi connectivity index (χ3n) is 5.36. The van der Waals surface area contributed by atoms with E-state index in [1.807, 2.05) is 0 Å². The zero-order chi connectivity index (χ0) is 18.1. The Morgan fingerprint density at radius 3 is 2.46 bits per heavy atom. The first-order chi connectivity index (χ1) is 12.0. The lowest BCUT2D eigenvalue weighted by atomic mass is 9.73. The predicted octanol–water partition coefficient (Wildman–Crippen LogP) is 2.02. The number of rotatable bonds is 2. The molecule has 7 heteroatoms. The van der Waals surface area contributed by atoms with Crippen molar-refractivity contribution in [3.8, 4) is 0 Å². The molecule has 0 radical (unpaired) electrons. The maximum atomic E-state index is 13.2. The van der Waals surface area contributed by atoms with Crippen LogP contribution in [0.5, 0.6) is 0 Å². The van der Waals surface area contributed by atoms with Crippen molar-refractivity contribution in [2.24, 2.45) is 11.3 Å². The second kappa shape index (κ2) is 11.8. The average molecular weight is 390 g/mol. The molecule has 3 N–H and O–H groups in total. The molecule has 2 aliphatic heterocycles. The van der Waals surface area contributed by atoms with Crippen LogP contribution in [-0.4, -0.2) is 50.7 Å². The molecule has 0 aromatic carbocycles. The van der Waals surface area contributed by atoms with Gasteiger partial charge in [0, 0.05) is 13.2 Å². The van der Waals surface area contributed by atoms with Crippen LogP contribution in [0.4, 0.5) is 0 Å². The van der Waals surface area contributed by atoms with Crippen LogP contribution in [-0.2, 0) is 14.3 Å². The van der Waals surface area contributed by atoms with Gasteiger partial charge in [-0.25, -0.2) is 0 Å². The third kappa shape index (κ3) is 7.05. The zero-order valence-corrected chi connectivity index (χ0v) is 17.1. The molecule has 0 aliphatic carbocycles. The Hall–Kier alpha value is -0.850. The number of carbonyl (C=O) groups is 2. The summed E-state index contributed by atoms with van der Waals surface area (Å²) < 4.78 is 5.59. The van der Waals surface area contributed by atoms with Crippen molar-refractivity contribution in [1.29, 1.82) is 0 Å². The molecule has 0 aromatic rings. The number of carbonyl (C=O) groups excluding carboxylic acids is 2. The monoisotopic (exact) mass is 389 g/mol. The Kier molecular flexibility index (Phi) is 10.5. The summed E-state index contributed by atoms with van der Waals surface area (Å²) in [7, 11) is 0. The van der Waals surface area contributed by atoms with Gasteiger partial charge in [-0.15, -0.1) is 12.4 Å². The molecule has 2 fully saturated rings. The quantitative estimate of drug-likeness (QED) is 0.675. The van der Waals surface area contributed by atoms with E-state index in [0.29, 0.717) is 25.5 Å². The van der Waals surface area contributed by atoms with Gasteiger partial charge in [0.2, 0.25) is 11.8 Å². The highest BCUT2D eigenvalue weighted by atomic mass is 35.5. The van der Waals surface area contributed by atoms with Gasteiger partial charge in [-0.3, -0.25) is 9.59 Å². The number of piperidine rings is 1. The van der Waals surface area contributed by atoms with Gasteiger partial charge in [-0.2, -0.15) is 0 Å². The van der Waals surface area contributed by atoms with Crippen molar-refractivity contribution in [3.05, 3.63) is 0 Å². The van der Waals surface area contributed by atoms with E-state index in [2.05, 4.69) is 29.8 Å². The maximum Gasteiger partial charge on any atom is 0.242 e. The van der Waals surface area contributed by atoms with Gasteiger partial charge in [0.15, 0.2) is 0 Å². The number of hydrogen-bond acceptors (Lipinski definition) is 4. The predicted molar refractivity (Wildman–Crippen MR) is 105 cm³/mol. The van der Waals surface area contributed by atoms with Gasteiger partial charge in [0.1, 0.15) is 6.04 Å². The summed E-state index contributed by atoms with van der Waals surface area (Å²) in [6, 6.07) is -0.456. The SMILES string of the molecule is CC(C)C[C@@H]1NC(=O)C2(CCCCCOCCNC1=O)CCNCC2.Cl. The van der Waals surface area contributed by atoms with E-state index in [-0.39, 0.29) is 29.6 Å². The first-order valence-electron chi connectivity index (χ1n) is 9.91. The largest absolute Gasteiger partial charge is 0.380 e. The van der Waals surface area contributed by atoms with E-state index in [1.165, 1.54) is 0 Å². The third-order valence-corrected chi connectivity index (χ3v) is 5.36. The number of nitrogens with one attached hydrogen (secondary N) is 3. The minimum atomic E-state index is -0.456. The minimum absolute atomic E-state index is 0. The normalized spacial score (nSPS) is 25.7. The first kappa shape index (κ1) is 23.2. The van der Waals surface area contributed by atoms with Crippen LogP contribution in [0, 0.1) is 11.3 Å². The smallest absolute Gasteiger partial charge is 0.242 e. The molecule has 0 bridgehead atoms. The van der Waals surface area contributed by atoms with Gasteiger partial charge < -0.3 is 20.7 Å². The highest BCUT2D eigenvalue weighted by molar-refractivity contribution is 5.90. The topological polar surface area (TPSA) is 79.5 Å². The van der Waals surface area contributed by atoms with Crippen molar-refractivity contribution >= 4 is 24.2 Å². The van der Waals surface area contributed by atoms with Gasteiger partial charge in [0.25, 0.3) is 0 Å². The van der Waals surface area contributed by atoms with Crippen LogP contribution < -0.4 is 16.0 Å². The van der Waals surface area contributed by atoms with Crippen molar-refractivity contribution in [2.75, 3.05) is 32.8 Å². The van der Waals surface area contributed by atoms with Gasteiger partial charge in [-0.1, -0.05) is 26.7 Å². The number of hydrogen-bond donors (Lipinski definition) is 3. The van der Waals surface area contributed by atoms with E-state index in [4.69, 9.17) is 4.74 Å². The fourth-order valence-electron chi connectivity index (χ4n) is 3.83. The van der Waals surface area contributed by atoms with E-state index in [0.717, 1.165) is 58.2 Å². The van der Waals surface area contributed by atoms with Crippen LogP contribution in [0.2, 0.25) is 0 Å². The molecule has 2 heterocycles. The molecule has 0 aromatic heterocycles. The molecule has 2 rings (SSSR count). The Labute approximate surface area is 164 Å². The van der Waals surface area contributed by atoms with E-state index in [9.17, 15) is 9.59 Å². The molecule has 152 valence electrons. The van der Waals surface area contributed by atoms with E-state index < -0.39 is 6.04 Å². The Morgan fingerprint density at radius 1 is 1.04 bits per heavy atom. The average Bonchev–Trinajstić information content (AvgIpc) is 2.59. The number of ether oxygens (including phenoxy) is 1. The van der Waals surface area contributed by atoms with Crippen LogP contribution in [0.25, 0.3) is 0 Å². The summed E-state index contributed by atoms with van der Waals surface area (Å²) >= 11 is 0. The molecule has 2 amide bonds. The van der Waals surface area contributed by atoms with Crippen LogP contribution in [0.3, 0.4) is 0 Å². The fourth-order valence-corrected chi connectivity index (χ4v) is 3.83.